The molecule has 20 heavy (non-hydrogen) atoms. The van der Waals surface area contributed by atoms with Crippen LogP contribution in [-0.2, 0) is 0 Å². The van der Waals surface area contributed by atoms with Crippen LogP contribution in [0.5, 0.6) is 0 Å². The molecule has 2 aromatic carbocycles. The van der Waals surface area contributed by atoms with Gasteiger partial charge in [-0.3, -0.25) is 9.78 Å². The molecule has 2 nitrogen and oxygen atoms in total. The molecular formula is C16H9ClFNO. The highest BCUT2D eigenvalue weighted by atomic mass is 35.5. The lowest BCUT2D eigenvalue weighted by atomic mass is 10.00. The quantitative estimate of drug-likeness (QED) is 0.659. The number of ketones is 1. The van der Waals surface area contributed by atoms with Gasteiger partial charge in [0, 0.05) is 28.9 Å². The molecule has 98 valence electrons. The predicted octanol–water partition coefficient (Wildman–Crippen LogP) is 4.26. The molecule has 0 saturated heterocycles. The Bertz CT molecular complexity index is 811. The summed E-state index contributed by atoms with van der Waals surface area (Å²) >= 11 is 5.63. The first-order valence-corrected chi connectivity index (χ1v) is 6.37. The number of halogens is 2. The molecule has 1 aromatic heterocycles. The minimum Gasteiger partial charge on any atom is -0.289 e. The van der Waals surface area contributed by atoms with Gasteiger partial charge in [-0.05, 0) is 23.6 Å². The maximum atomic E-state index is 13.5. The Kier molecular flexibility index (Phi) is 3.20. The number of hydrogen-bond acceptors (Lipinski definition) is 2. The molecule has 0 fully saturated rings. The summed E-state index contributed by atoms with van der Waals surface area (Å²) < 4.78 is 13.5. The smallest absolute Gasteiger partial charge is 0.195 e. The highest BCUT2D eigenvalue weighted by Crippen LogP contribution is 2.22. The van der Waals surface area contributed by atoms with Crippen molar-refractivity contribution < 1.29 is 9.18 Å². The Labute approximate surface area is 119 Å². The first-order valence-electron chi connectivity index (χ1n) is 5.99. The summed E-state index contributed by atoms with van der Waals surface area (Å²) in [6, 6.07) is 11.5. The summed E-state index contributed by atoms with van der Waals surface area (Å²) in [5.41, 5.74) is 0.704. The van der Waals surface area contributed by atoms with Gasteiger partial charge in [0.25, 0.3) is 0 Å². The molecule has 3 aromatic rings. The lowest BCUT2D eigenvalue weighted by Gasteiger charge is -2.05. The van der Waals surface area contributed by atoms with E-state index in [9.17, 15) is 9.18 Å². The number of pyridine rings is 1. The summed E-state index contributed by atoms with van der Waals surface area (Å²) in [6.45, 7) is 0. The Balaban J connectivity index is 2.15. The lowest BCUT2D eigenvalue weighted by Crippen LogP contribution is -2.03. The van der Waals surface area contributed by atoms with Crippen molar-refractivity contribution in [2.45, 2.75) is 0 Å². The standard InChI is InChI=1S/C16H9ClFNO/c17-14-6-5-10(7-15(14)18)16(20)13-9-19-8-11-3-1-2-4-12(11)13/h1-9H. The Hall–Kier alpha value is -2.26. The van der Waals surface area contributed by atoms with Crippen LogP contribution in [0.15, 0.2) is 54.9 Å². The third-order valence-corrected chi connectivity index (χ3v) is 3.40. The second-order valence-corrected chi connectivity index (χ2v) is 4.77. The van der Waals surface area contributed by atoms with E-state index >= 15 is 0 Å². The first kappa shape index (κ1) is 12.8. The van der Waals surface area contributed by atoms with Crippen LogP contribution >= 0.6 is 11.6 Å². The number of rotatable bonds is 2. The minimum atomic E-state index is -0.606. The van der Waals surface area contributed by atoms with Crippen LogP contribution < -0.4 is 0 Å². The summed E-state index contributed by atoms with van der Waals surface area (Å²) in [6.07, 6.45) is 3.19. The molecule has 1 heterocycles. The van der Waals surface area contributed by atoms with Crippen LogP contribution in [-0.4, -0.2) is 10.8 Å². The summed E-state index contributed by atoms with van der Waals surface area (Å²) in [4.78, 5) is 16.5. The molecule has 0 radical (unpaired) electrons. The second kappa shape index (κ2) is 5.02. The third kappa shape index (κ3) is 2.17. The number of nitrogens with zero attached hydrogens (tertiary/aromatic N) is 1. The van der Waals surface area contributed by atoms with E-state index < -0.39 is 5.82 Å². The number of benzene rings is 2. The van der Waals surface area contributed by atoms with Crippen molar-refractivity contribution in [3.05, 3.63) is 76.8 Å². The van der Waals surface area contributed by atoms with E-state index in [4.69, 9.17) is 11.6 Å². The van der Waals surface area contributed by atoms with E-state index in [0.717, 1.165) is 16.8 Å². The number of carbonyl (C=O) groups excluding carboxylic acids is 1. The van der Waals surface area contributed by atoms with Crippen molar-refractivity contribution >= 4 is 28.2 Å². The van der Waals surface area contributed by atoms with Crippen LogP contribution in [0, 0.1) is 5.82 Å². The molecule has 0 aliphatic heterocycles. The Morgan fingerprint density at radius 1 is 1.10 bits per heavy atom. The Morgan fingerprint density at radius 3 is 2.70 bits per heavy atom. The zero-order chi connectivity index (χ0) is 14.1. The molecule has 0 atom stereocenters. The zero-order valence-electron chi connectivity index (χ0n) is 10.3. The number of carbonyl (C=O) groups is 1. The van der Waals surface area contributed by atoms with Crippen molar-refractivity contribution in [3.8, 4) is 0 Å². The summed E-state index contributed by atoms with van der Waals surface area (Å²) in [7, 11) is 0. The van der Waals surface area contributed by atoms with Crippen LogP contribution in [0.3, 0.4) is 0 Å². The third-order valence-electron chi connectivity index (χ3n) is 3.09. The first-order chi connectivity index (χ1) is 9.66. The van der Waals surface area contributed by atoms with Gasteiger partial charge in [0.2, 0.25) is 0 Å². The van der Waals surface area contributed by atoms with E-state index in [1.807, 2.05) is 24.3 Å². The average molecular weight is 286 g/mol. The SMILES string of the molecule is O=C(c1ccc(Cl)c(F)c1)c1cncc2ccccc12. The molecule has 0 amide bonds. The molecule has 0 aliphatic carbocycles. The van der Waals surface area contributed by atoms with Crippen LogP contribution in [0.4, 0.5) is 4.39 Å². The van der Waals surface area contributed by atoms with Gasteiger partial charge < -0.3 is 0 Å². The van der Waals surface area contributed by atoms with Crippen molar-refractivity contribution in [2.24, 2.45) is 0 Å². The second-order valence-electron chi connectivity index (χ2n) is 4.37. The Morgan fingerprint density at radius 2 is 1.90 bits per heavy atom. The van der Waals surface area contributed by atoms with E-state index in [0.29, 0.717) is 5.56 Å². The fraction of sp³-hybridized carbons (Fsp3) is 0. The van der Waals surface area contributed by atoms with Crippen LogP contribution in [0.1, 0.15) is 15.9 Å². The molecular weight excluding hydrogens is 277 g/mol. The van der Waals surface area contributed by atoms with Crippen molar-refractivity contribution in [1.29, 1.82) is 0 Å². The average Bonchev–Trinajstić information content (AvgIpc) is 2.49. The van der Waals surface area contributed by atoms with Gasteiger partial charge in [-0.15, -0.1) is 0 Å². The summed E-state index contributed by atoms with van der Waals surface area (Å²) in [5.74, 6) is -0.879. The highest BCUT2D eigenvalue weighted by Gasteiger charge is 2.14. The van der Waals surface area contributed by atoms with Gasteiger partial charge in [-0.1, -0.05) is 35.9 Å². The van der Waals surface area contributed by atoms with Gasteiger partial charge in [-0.25, -0.2) is 4.39 Å². The largest absolute Gasteiger partial charge is 0.289 e. The molecule has 3 rings (SSSR count). The van der Waals surface area contributed by atoms with Gasteiger partial charge in [0.1, 0.15) is 5.82 Å². The predicted molar refractivity (Wildman–Crippen MR) is 76.6 cm³/mol. The van der Waals surface area contributed by atoms with Gasteiger partial charge in [0.05, 0.1) is 5.02 Å². The van der Waals surface area contributed by atoms with Crippen LogP contribution in [0.2, 0.25) is 5.02 Å². The molecule has 0 unspecified atom stereocenters. The number of fused-ring (bicyclic) bond motifs is 1. The molecule has 0 saturated carbocycles. The number of hydrogen-bond donors (Lipinski definition) is 0. The van der Waals surface area contributed by atoms with Crippen molar-refractivity contribution in [3.63, 3.8) is 0 Å². The van der Waals surface area contributed by atoms with Gasteiger partial charge in [-0.2, -0.15) is 0 Å². The maximum absolute atomic E-state index is 13.5. The molecule has 0 spiro atoms. The monoisotopic (exact) mass is 285 g/mol. The van der Waals surface area contributed by atoms with E-state index in [1.54, 1.807) is 6.20 Å². The van der Waals surface area contributed by atoms with Crippen LogP contribution in [0.25, 0.3) is 10.8 Å². The highest BCUT2D eigenvalue weighted by molar-refractivity contribution is 6.31. The minimum absolute atomic E-state index is 0.00223. The van der Waals surface area contributed by atoms with Crippen molar-refractivity contribution in [1.82, 2.24) is 4.98 Å². The van der Waals surface area contributed by atoms with Gasteiger partial charge >= 0.3 is 0 Å². The van der Waals surface area contributed by atoms with Gasteiger partial charge in [0.15, 0.2) is 5.78 Å². The normalized spacial score (nSPS) is 10.7. The molecule has 0 aliphatic rings. The van der Waals surface area contributed by atoms with Crippen molar-refractivity contribution in [2.75, 3.05) is 0 Å². The zero-order valence-corrected chi connectivity index (χ0v) is 11.1. The fourth-order valence-corrected chi connectivity index (χ4v) is 2.21. The lowest BCUT2D eigenvalue weighted by molar-refractivity contribution is 0.103. The number of aromatic nitrogens is 1. The molecule has 0 bridgehead atoms. The molecule has 4 heteroatoms. The molecule has 0 N–H and O–H groups in total. The maximum Gasteiger partial charge on any atom is 0.195 e. The topological polar surface area (TPSA) is 30.0 Å². The fourth-order valence-electron chi connectivity index (χ4n) is 2.09. The van der Waals surface area contributed by atoms with E-state index in [1.165, 1.54) is 18.3 Å². The summed E-state index contributed by atoms with van der Waals surface area (Å²) in [5, 5.41) is 1.66. The van der Waals surface area contributed by atoms with E-state index in [-0.39, 0.29) is 16.4 Å². The van der Waals surface area contributed by atoms with E-state index in [2.05, 4.69) is 4.98 Å².